The summed E-state index contributed by atoms with van der Waals surface area (Å²) in [4.78, 5) is 13.5. The molecule has 2 rings (SSSR count). The van der Waals surface area contributed by atoms with Crippen molar-refractivity contribution in [2.24, 2.45) is 5.92 Å². The number of para-hydroxylation sites is 1. The molecular weight excluding hydrogens is 240 g/mol. The van der Waals surface area contributed by atoms with Crippen molar-refractivity contribution in [1.29, 1.82) is 0 Å². The van der Waals surface area contributed by atoms with Gasteiger partial charge in [-0.25, -0.2) is 4.79 Å². The maximum atomic E-state index is 11.3. The molecule has 1 atom stereocenters. The van der Waals surface area contributed by atoms with E-state index in [9.17, 15) is 9.90 Å². The van der Waals surface area contributed by atoms with Crippen LogP contribution >= 0.6 is 0 Å². The molecule has 1 aromatic carbocycles. The number of nitrogens with zero attached hydrogens (tertiary/aromatic N) is 1. The van der Waals surface area contributed by atoms with Gasteiger partial charge in [-0.3, -0.25) is 0 Å². The molecule has 0 radical (unpaired) electrons. The highest BCUT2D eigenvalue weighted by Gasteiger charge is 2.22. The number of anilines is 2. The zero-order chi connectivity index (χ0) is 13.8. The van der Waals surface area contributed by atoms with Crippen LogP contribution in [0.3, 0.4) is 0 Å². The molecule has 0 aromatic heterocycles. The highest BCUT2D eigenvalue weighted by Crippen LogP contribution is 2.31. The van der Waals surface area contributed by atoms with Gasteiger partial charge in [0.25, 0.3) is 0 Å². The van der Waals surface area contributed by atoms with E-state index < -0.39 is 5.97 Å². The van der Waals surface area contributed by atoms with Crippen molar-refractivity contribution in [3.05, 3.63) is 23.8 Å². The Bertz CT molecular complexity index is 459. The number of hydrogen-bond donors (Lipinski definition) is 2. The number of nitrogens with two attached hydrogens (primary N) is 1. The molecule has 0 bridgehead atoms. The molecule has 0 aliphatic carbocycles. The molecule has 4 nitrogen and oxygen atoms in total. The topological polar surface area (TPSA) is 66.6 Å². The third-order valence-corrected chi connectivity index (χ3v) is 4.04. The van der Waals surface area contributed by atoms with Crippen LogP contribution in [0.2, 0.25) is 0 Å². The van der Waals surface area contributed by atoms with Gasteiger partial charge in [-0.2, -0.15) is 0 Å². The van der Waals surface area contributed by atoms with E-state index >= 15 is 0 Å². The van der Waals surface area contributed by atoms with Crippen LogP contribution in [0, 0.1) is 5.92 Å². The van der Waals surface area contributed by atoms with E-state index in [1.807, 2.05) is 0 Å². The average Bonchev–Trinajstić information content (AvgIpc) is 2.63. The van der Waals surface area contributed by atoms with Gasteiger partial charge in [-0.15, -0.1) is 0 Å². The van der Waals surface area contributed by atoms with Gasteiger partial charge in [0.15, 0.2) is 0 Å². The number of nitrogen functional groups attached to an aromatic ring is 1. The lowest BCUT2D eigenvalue weighted by Gasteiger charge is -2.26. The minimum Gasteiger partial charge on any atom is -0.478 e. The zero-order valence-corrected chi connectivity index (χ0v) is 11.4. The fourth-order valence-corrected chi connectivity index (χ4v) is 2.88. The van der Waals surface area contributed by atoms with Crippen molar-refractivity contribution in [2.45, 2.75) is 32.6 Å². The van der Waals surface area contributed by atoms with Gasteiger partial charge in [0.2, 0.25) is 0 Å². The molecule has 3 N–H and O–H groups in total. The van der Waals surface area contributed by atoms with Gasteiger partial charge in [0, 0.05) is 13.1 Å². The van der Waals surface area contributed by atoms with Crippen LogP contribution in [0.1, 0.15) is 43.0 Å². The third kappa shape index (κ3) is 3.00. The number of aromatic carboxylic acids is 1. The van der Waals surface area contributed by atoms with Gasteiger partial charge in [0.05, 0.1) is 16.9 Å². The first kappa shape index (κ1) is 13.7. The zero-order valence-electron chi connectivity index (χ0n) is 11.4. The maximum Gasteiger partial charge on any atom is 0.337 e. The lowest BCUT2D eigenvalue weighted by atomic mass is 9.98. The predicted molar refractivity (Wildman–Crippen MR) is 77.7 cm³/mol. The summed E-state index contributed by atoms with van der Waals surface area (Å²) in [5.74, 6) is -0.151. The molecule has 0 amide bonds. The number of benzene rings is 1. The van der Waals surface area contributed by atoms with Gasteiger partial charge in [-0.05, 0) is 37.3 Å². The Hall–Kier alpha value is -1.71. The van der Waals surface area contributed by atoms with Crippen molar-refractivity contribution in [1.82, 2.24) is 0 Å². The molecule has 1 fully saturated rings. The Morgan fingerprint density at radius 1 is 1.42 bits per heavy atom. The Kier molecular flexibility index (Phi) is 4.30. The number of carboxylic acid groups (broad SMARTS) is 1. The fraction of sp³-hybridized carbons (Fsp3) is 0.533. The molecule has 1 heterocycles. The van der Waals surface area contributed by atoms with Crippen LogP contribution in [-0.2, 0) is 0 Å². The van der Waals surface area contributed by atoms with Crippen LogP contribution in [0.15, 0.2) is 18.2 Å². The second-order valence-electron chi connectivity index (χ2n) is 5.24. The summed E-state index contributed by atoms with van der Waals surface area (Å²) < 4.78 is 0. The highest BCUT2D eigenvalue weighted by molar-refractivity contribution is 5.98. The number of carbonyl (C=O) groups is 1. The average molecular weight is 262 g/mol. The Labute approximate surface area is 114 Å². The molecule has 19 heavy (non-hydrogen) atoms. The van der Waals surface area contributed by atoms with Crippen molar-refractivity contribution in [3.8, 4) is 0 Å². The lowest BCUT2D eigenvalue weighted by Crippen LogP contribution is -2.27. The largest absolute Gasteiger partial charge is 0.478 e. The Balaban J connectivity index is 2.28. The molecule has 1 unspecified atom stereocenters. The van der Waals surface area contributed by atoms with Gasteiger partial charge in [0.1, 0.15) is 0 Å². The number of rotatable bonds is 3. The van der Waals surface area contributed by atoms with Crippen molar-refractivity contribution >= 4 is 17.3 Å². The van der Waals surface area contributed by atoms with Crippen LogP contribution in [0.5, 0.6) is 0 Å². The minimum absolute atomic E-state index is 0.315. The van der Waals surface area contributed by atoms with Crippen molar-refractivity contribution < 1.29 is 9.90 Å². The van der Waals surface area contributed by atoms with E-state index in [1.54, 1.807) is 18.2 Å². The number of hydrogen-bond acceptors (Lipinski definition) is 3. The normalized spacial score (nSPS) is 20.1. The summed E-state index contributed by atoms with van der Waals surface area (Å²) in [6.45, 7) is 4.01. The van der Waals surface area contributed by atoms with Crippen molar-refractivity contribution in [3.63, 3.8) is 0 Å². The standard InChI is InChI=1S/C15H22N2O2/c1-2-11-5-4-9-17(10-8-11)14-12(15(18)19)6-3-7-13(14)16/h3,6-7,11H,2,4-5,8-10,16H2,1H3,(H,18,19). The SMILES string of the molecule is CCC1CCCN(c2c(N)cccc2C(=O)O)CC1. The second-order valence-corrected chi connectivity index (χ2v) is 5.24. The van der Waals surface area contributed by atoms with E-state index in [2.05, 4.69) is 11.8 Å². The molecule has 4 heteroatoms. The van der Waals surface area contributed by atoms with Crippen LogP contribution in [0.4, 0.5) is 11.4 Å². The Morgan fingerprint density at radius 2 is 2.21 bits per heavy atom. The highest BCUT2D eigenvalue weighted by atomic mass is 16.4. The molecule has 0 spiro atoms. The van der Waals surface area contributed by atoms with E-state index in [-0.39, 0.29) is 0 Å². The smallest absolute Gasteiger partial charge is 0.337 e. The maximum absolute atomic E-state index is 11.3. The first-order valence-corrected chi connectivity index (χ1v) is 7.00. The van der Waals surface area contributed by atoms with E-state index in [1.165, 1.54) is 12.8 Å². The fourth-order valence-electron chi connectivity index (χ4n) is 2.88. The Morgan fingerprint density at radius 3 is 2.89 bits per heavy atom. The molecule has 1 aliphatic heterocycles. The molecule has 1 saturated heterocycles. The summed E-state index contributed by atoms with van der Waals surface area (Å²) in [5, 5.41) is 9.31. The summed E-state index contributed by atoms with van der Waals surface area (Å²) in [5.41, 5.74) is 7.58. The monoisotopic (exact) mass is 262 g/mol. The molecule has 1 aromatic rings. The van der Waals surface area contributed by atoms with Crippen LogP contribution < -0.4 is 10.6 Å². The summed E-state index contributed by atoms with van der Waals surface area (Å²) in [6, 6.07) is 5.12. The van der Waals surface area contributed by atoms with Gasteiger partial charge < -0.3 is 15.7 Å². The van der Waals surface area contributed by atoms with Gasteiger partial charge >= 0.3 is 5.97 Å². The molecule has 104 valence electrons. The minimum atomic E-state index is -0.904. The lowest BCUT2D eigenvalue weighted by molar-refractivity contribution is 0.0697. The summed E-state index contributed by atoms with van der Waals surface area (Å²) in [7, 11) is 0. The first-order chi connectivity index (χ1) is 9.13. The third-order valence-electron chi connectivity index (χ3n) is 4.04. The van der Waals surface area contributed by atoms with Crippen molar-refractivity contribution in [2.75, 3.05) is 23.7 Å². The second kappa shape index (κ2) is 5.95. The van der Waals surface area contributed by atoms with Crippen LogP contribution in [-0.4, -0.2) is 24.2 Å². The molecule has 0 saturated carbocycles. The summed E-state index contributed by atoms with van der Waals surface area (Å²) in [6.07, 6.45) is 4.64. The van der Waals surface area contributed by atoms with E-state index in [0.717, 1.165) is 31.8 Å². The summed E-state index contributed by atoms with van der Waals surface area (Å²) >= 11 is 0. The number of carboxylic acids is 1. The van der Waals surface area contributed by atoms with Crippen LogP contribution in [0.25, 0.3) is 0 Å². The first-order valence-electron chi connectivity index (χ1n) is 7.00. The molecule has 1 aliphatic rings. The van der Waals surface area contributed by atoms with Gasteiger partial charge in [-0.1, -0.05) is 19.4 Å². The predicted octanol–water partition coefficient (Wildman–Crippen LogP) is 2.98. The quantitative estimate of drug-likeness (QED) is 0.822. The molecular formula is C15H22N2O2. The van der Waals surface area contributed by atoms with E-state index in [4.69, 9.17) is 5.73 Å². The van der Waals surface area contributed by atoms with E-state index in [0.29, 0.717) is 16.9 Å².